The lowest BCUT2D eigenvalue weighted by molar-refractivity contribution is -0.139. The first-order chi connectivity index (χ1) is 17.5. The van der Waals surface area contributed by atoms with E-state index < -0.39 is 6.04 Å². The highest BCUT2D eigenvalue weighted by Crippen LogP contribution is 2.20. The number of benzene rings is 3. The van der Waals surface area contributed by atoms with Gasteiger partial charge in [0.2, 0.25) is 11.8 Å². The predicted molar refractivity (Wildman–Crippen MR) is 148 cm³/mol. The molecular weight excluding hydrogens is 468 g/mol. The summed E-state index contributed by atoms with van der Waals surface area (Å²) in [5.41, 5.74) is 3.15. The van der Waals surface area contributed by atoms with Crippen molar-refractivity contribution in [3.8, 4) is 5.75 Å². The van der Waals surface area contributed by atoms with Crippen molar-refractivity contribution in [2.45, 2.75) is 38.6 Å². The molecule has 2 amide bonds. The minimum Gasteiger partial charge on any atom is -0.497 e. The second-order valence-electron chi connectivity index (χ2n) is 9.19. The number of nitrogens with one attached hydrogen (secondary N) is 1. The molecule has 1 N–H and O–H groups in total. The number of hydrogen-bond acceptors (Lipinski definition) is 4. The third-order valence-corrected chi connectivity index (χ3v) is 6.79. The van der Waals surface area contributed by atoms with Crippen LogP contribution in [0.3, 0.4) is 0 Å². The van der Waals surface area contributed by atoms with Crippen molar-refractivity contribution < 1.29 is 14.3 Å². The highest BCUT2D eigenvalue weighted by molar-refractivity contribution is 7.99. The molecule has 190 valence electrons. The number of carbonyl (C=O) groups excluding carboxylic acids is 2. The number of thioether (sulfide) groups is 1. The summed E-state index contributed by atoms with van der Waals surface area (Å²) in [5, 5.41) is 3.06. The summed E-state index contributed by atoms with van der Waals surface area (Å²) in [7, 11) is 1.65. The molecule has 0 aliphatic rings. The van der Waals surface area contributed by atoms with Gasteiger partial charge in [0.25, 0.3) is 0 Å². The molecule has 3 aromatic rings. The summed E-state index contributed by atoms with van der Waals surface area (Å²) in [6.07, 6.45) is 0.465. The Labute approximate surface area is 219 Å². The summed E-state index contributed by atoms with van der Waals surface area (Å²) in [6.45, 7) is 5.09. The number of nitrogens with zero attached hydrogens (tertiary/aromatic N) is 1. The number of amides is 2. The SMILES string of the molecule is COc1ccc(CSCC(=O)N(Cc2ccccc2)[C@H](Cc2ccccc2)C(=O)NCC(C)C)cc1. The zero-order valence-corrected chi connectivity index (χ0v) is 22.2. The molecule has 0 spiro atoms. The van der Waals surface area contributed by atoms with E-state index in [1.807, 2.05) is 84.9 Å². The molecule has 0 radical (unpaired) electrons. The van der Waals surface area contributed by atoms with Gasteiger partial charge in [0.1, 0.15) is 11.8 Å². The highest BCUT2D eigenvalue weighted by Gasteiger charge is 2.30. The molecule has 0 bridgehead atoms. The van der Waals surface area contributed by atoms with Crippen LogP contribution < -0.4 is 10.1 Å². The van der Waals surface area contributed by atoms with Gasteiger partial charge >= 0.3 is 0 Å². The Kier molecular flexibility index (Phi) is 10.9. The van der Waals surface area contributed by atoms with Crippen molar-refractivity contribution in [2.24, 2.45) is 5.92 Å². The second kappa shape index (κ2) is 14.3. The minimum atomic E-state index is -0.597. The van der Waals surface area contributed by atoms with Gasteiger partial charge < -0.3 is 15.0 Å². The topological polar surface area (TPSA) is 58.6 Å². The summed E-state index contributed by atoms with van der Waals surface area (Å²) >= 11 is 1.56. The first kappa shape index (κ1) is 27.3. The van der Waals surface area contributed by atoms with Crippen LogP contribution in [0, 0.1) is 5.92 Å². The maximum Gasteiger partial charge on any atom is 0.243 e. The van der Waals surface area contributed by atoms with E-state index in [0.717, 1.165) is 22.4 Å². The van der Waals surface area contributed by atoms with Crippen LogP contribution in [0.25, 0.3) is 0 Å². The molecule has 1 atom stereocenters. The normalized spacial score (nSPS) is 11.7. The maximum absolute atomic E-state index is 13.6. The molecule has 0 aromatic heterocycles. The van der Waals surface area contributed by atoms with Crippen LogP contribution >= 0.6 is 11.8 Å². The Hall–Kier alpha value is -3.25. The first-order valence-electron chi connectivity index (χ1n) is 12.3. The largest absolute Gasteiger partial charge is 0.497 e. The fourth-order valence-electron chi connectivity index (χ4n) is 3.82. The predicted octanol–water partition coefficient (Wildman–Crippen LogP) is 5.34. The van der Waals surface area contributed by atoms with Crippen molar-refractivity contribution in [3.63, 3.8) is 0 Å². The van der Waals surface area contributed by atoms with Crippen LogP contribution in [0.4, 0.5) is 0 Å². The number of methoxy groups -OCH3 is 1. The molecule has 0 saturated carbocycles. The molecule has 6 heteroatoms. The van der Waals surface area contributed by atoms with Gasteiger partial charge in [0.05, 0.1) is 12.9 Å². The van der Waals surface area contributed by atoms with Gasteiger partial charge in [-0.3, -0.25) is 9.59 Å². The Morgan fingerprint density at radius 3 is 2.06 bits per heavy atom. The van der Waals surface area contributed by atoms with Crippen LogP contribution in [0.1, 0.15) is 30.5 Å². The molecule has 3 rings (SSSR count). The number of carbonyl (C=O) groups is 2. The van der Waals surface area contributed by atoms with Crippen molar-refractivity contribution in [3.05, 3.63) is 102 Å². The summed E-state index contributed by atoms with van der Waals surface area (Å²) in [5.74, 6) is 1.98. The van der Waals surface area contributed by atoms with Gasteiger partial charge in [-0.25, -0.2) is 0 Å². The Morgan fingerprint density at radius 2 is 1.47 bits per heavy atom. The van der Waals surface area contributed by atoms with E-state index in [1.165, 1.54) is 0 Å². The van der Waals surface area contributed by atoms with Gasteiger partial charge in [-0.15, -0.1) is 11.8 Å². The number of ether oxygens (including phenoxy) is 1. The average Bonchev–Trinajstić information content (AvgIpc) is 2.90. The number of hydrogen-bond donors (Lipinski definition) is 1. The lowest BCUT2D eigenvalue weighted by atomic mass is 10.0. The minimum absolute atomic E-state index is 0.0435. The molecular formula is C30H36N2O3S. The van der Waals surface area contributed by atoms with E-state index in [2.05, 4.69) is 19.2 Å². The van der Waals surface area contributed by atoms with Gasteiger partial charge in [0, 0.05) is 25.3 Å². The van der Waals surface area contributed by atoms with Crippen molar-refractivity contribution >= 4 is 23.6 Å². The van der Waals surface area contributed by atoms with Crippen LogP contribution in [0.15, 0.2) is 84.9 Å². The van der Waals surface area contributed by atoms with E-state index in [-0.39, 0.29) is 11.8 Å². The molecule has 0 heterocycles. The Balaban J connectivity index is 1.79. The van der Waals surface area contributed by atoms with E-state index in [4.69, 9.17) is 4.74 Å². The van der Waals surface area contributed by atoms with E-state index in [9.17, 15) is 9.59 Å². The standard InChI is InChI=1S/C30H36N2O3S/c1-23(2)19-31-30(34)28(18-24-10-6-4-7-11-24)32(20-25-12-8-5-9-13-25)29(33)22-36-21-26-14-16-27(35-3)17-15-26/h4-17,23,28H,18-22H2,1-3H3,(H,31,34)/t28-/m1/s1. The van der Waals surface area contributed by atoms with Crippen LogP contribution in [0.5, 0.6) is 5.75 Å². The summed E-state index contributed by atoms with van der Waals surface area (Å²) < 4.78 is 5.23. The average molecular weight is 505 g/mol. The third-order valence-electron chi connectivity index (χ3n) is 5.80. The second-order valence-corrected chi connectivity index (χ2v) is 10.2. The Bertz CT molecular complexity index is 1070. The van der Waals surface area contributed by atoms with Crippen LogP contribution in [-0.4, -0.2) is 42.2 Å². The summed E-state index contributed by atoms with van der Waals surface area (Å²) in [6, 6.07) is 27.0. The lowest BCUT2D eigenvalue weighted by Gasteiger charge is -2.31. The lowest BCUT2D eigenvalue weighted by Crippen LogP contribution is -2.51. The zero-order chi connectivity index (χ0) is 25.8. The van der Waals surface area contributed by atoms with Gasteiger partial charge in [0.15, 0.2) is 0 Å². The smallest absolute Gasteiger partial charge is 0.243 e. The molecule has 36 heavy (non-hydrogen) atoms. The van der Waals surface area contributed by atoms with Crippen molar-refractivity contribution in [1.82, 2.24) is 10.2 Å². The molecule has 0 aliphatic carbocycles. The highest BCUT2D eigenvalue weighted by atomic mass is 32.2. The fourth-order valence-corrected chi connectivity index (χ4v) is 4.69. The molecule has 0 unspecified atom stereocenters. The monoisotopic (exact) mass is 504 g/mol. The Morgan fingerprint density at radius 1 is 0.861 bits per heavy atom. The van der Waals surface area contributed by atoms with E-state index >= 15 is 0 Å². The van der Waals surface area contributed by atoms with E-state index in [0.29, 0.717) is 36.9 Å². The van der Waals surface area contributed by atoms with Crippen molar-refractivity contribution in [2.75, 3.05) is 19.4 Å². The maximum atomic E-state index is 13.6. The van der Waals surface area contributed by atoms with Crippen molar-refractivity contribution in [1.29, 1.82) is 0 Å². The van der Waals surface area contributed by atoms with E-state index in [1.54, 1.807) is 23.8 Å². The summed E-state index contributed by atoms with van der Waals surface area (Å²) in [4.78, 5) is 28.8. The van der Waals surface area contributed by atoms with Gasteiger partial charge in [-0.05, 0) is 34.7 Å². The first-order valence-corrected chi connectivity index (χ1v) is 13.5. The quantitative estimate of drug-likeness (QED) is 0.341. The van der Waals surface area contributed by atoms with Crippen LogP contribution in [0.2, 0.25) is 0 Å². The zero-order valence-electron chi connectivity index (χ0n) is 21.4. The molecule has 0 aliphatic heterocycles. The third kappa shape index (κ3) is 8.76. The molecule has 3 aromatic carbocycles. The van der Waals surface area contributed by atoms with Gasteiger partial charge in [-0.1, -0.05) is 86.6 Å². The molecule has 0 saturated heterocycles. The molecule has 5 nitrogen and oxygen atoms in total. The molecule has 0 fully saturated rings. The van der Waals surface area contributed by atoms with Gasteiger partial charge in [-0.2, -0.15) is 0 Å². The van der Waals surface area contributed by atoms with Crippen LogP contribution in [-0.2, 0) is 28.3 Å². The number of rotatable bonds is 13. The fraction of sp³-hybridized carbons (Fsp3) is 0.333.